The molecule has 2 rings (SSSR count). The van der Waals surface area contributed by atoms with Crippen molar-refractivity contribution in [2.45, 2.75) is 18.9 Å². The molecule has 2 N–H and O–H groups in total. The summed E-state index contributed by atoms with van der Waals surface area (Å²) in [4.78, 5) is 0. The van der Waals surface area contributed by atoms with Crippen molar-refractivity contribution in [3.63, 3.8) is 0 Å². The average Bonchev–Trinajstić information content (AvgIpc) is 2.67. The van der Waals surface area contributed by atoms with Crippen molar-refractivity contribution < 1.29 is 9.84 Å². The highest BCUT2D eigenvalue weighted by molar-refractivity contribution is 5.44. The third-order valence-electron chi connectivity index (χ3n) is 2.67. The molecule has 0 spiro atoms. The first-order chi connectivity index (χ1) is 7.81. The fourth-order valence-electron chi connectivity index (χ4n) is 1.83. The number of terminal acetylenes is 1. The standard InChI is InChI=1S/C13H15NO2/c1-2-3-4-7-14-12-9-16-13-8-10(15)5-6-11(12)13/h1,5-6,8,12,14-15H,3-4,7,9H2. The quantitative estimate of drug-likeness (QED) is 0.597. The zero-order valence-corrected chi connectivity index (χ0v) is 9.07. The Morgan fingerprint density at radius 1 is 1.56 bits per heavy atom. The number of fused-ring (bicyclic) bond motifs is 1. The monoisotopic (exact) mass is 217 g/mol. The van der Waals surface area contributed by atoms with Crippen molar-refractivity contribution >= 4 is 0 Å². The molecule has 3 heteroatoms. The second-order valence-electron chi connectivity index (χ2n) is 3.85. The molecule has 0 amide bonds. The maximum absolute atomic E-state index is 9.31. The molecular weight excluding hydrogens is 202 g/mol. The van der Waals surface area contributed by atoms with Crippen LogP contribution < -0.4 is 10.1 Å². The number of rotatable bonds is 4. The van der Waals surface area contributed by atoms with Gasteiger partial charge in [-0.1, -0.05) is 0 Å². The number of ether oxygens (including phenoxy) is 1. The van der Waals surface area contributed by atoms with E-state index in [1.807, 2.05) is 6.07 Å². The van der Waals surface area contributed by atoms with Gasteiger partial charge in [-0.05, 0) is 25.1 Å². The summed E-state index contributed by atoms with van der Waals surface area (Å²) in [5.74, 6) is 3.63. The summed E-state index contributed by atoms with van der Waals surface area (Å²) in [6, 6.07) is 5.45. The van der Waals surface area contributed by atoms with E-state index < -0.39 is 0 Å². The summed E-state index contributed by atoms with van der Waals surface area (Å²) in [5, 5.41) is 12.7. The van der Waals surface area contributed by atoms with Gasteiger partial charge in [-0.15, -0.1) is 12.3 Å². The molecule has 1 heterocycles. The van der Waals surface area contributed by atoms with Gasteiger partial charge in [-0.3, -0.25) is 0 Å². The number of aromatic hydroxyl groups is 1. The zero-order chi connectivity index (χ0) is 11.4. The van der Waals surface area contributed by atoms with Crippen LogP contribution in [0.15, 0.2) is 18.2 Å². The van der Waals surface area contributed by atoms with Crippen LogP contribution >= 0.6 is 0 Å². The lowest BCUT2D eigenvalue weighted by Gasteiger charge is -2.10. The number of nitrogens with one attached hydrogen (secondary N) is 1. The molecule has 0 saturated heterocycles. The van der Waals surface area contributed by atoms with E-state index in [2.05, 4.69) is 11.2 Å². The van der Waals surface area contributed by atoms with Gasteiger partial charge in [0, 0.05) is 18.1 Å². The smallest absolute Gasteiger partial charge is 0.127 e. The summed E-state index contributed by atoms with van der Waals surface area (Å²) in [6.07, 6.45) is 6.95. The first-order valence-electron chi connectivity index (χ1n) is 5.44. The average molecular weight is 217 g/mol. The Morgan fingerprint density at radius 3 is 3.25 bits per heavy atom. The highest BCUT2D eigenvalue weighted by atomic mass is 16.5. The largest absolute Gasteiger partial charge is 0.508 e. The van der Waals surface area contributed by atoms with Crippen molar-refractivity contribution in [2.24, 2.45) is 0 Å². The Balaban J connectivity index is 1.94. The normalized spacial score (nSPS) is 17.6. The van der Waals surface area contributed by atoms with Crippen molar-refractivity contribution in [1.29, 1.82) is 0 Å². The lowest BCUT2D eigenvalue weighted by molar-refractivity contribution is 0.310. The van der Waals surface area contributed by atoms with E-state index in [0.29, 0.717) is 6.61 Å². The molecule has 0 radical (unpaired) electrons. The molecule has 1 aromatic carbocycles. The molecule has 0 fully saturated rings. The van der Waals surface area contributed by atoms with Gasteiger partial charge < -0.3 is 15.2 Å². The van der Waals surface area contributed by atoms with Crippen LogP contribution in [0.3, 0.4) is 0 Å². The molecule has 0 saturated carbocycles. The number of hydrogen-bond acceptors (Lipinski definition) is 3. The minimum absolute atomic E-state index is 0.216. The summed E-state index contributed by atoms with van der Waals surface area (Å²) in [7, 11) is 0. The minimum atomic E-state index is 0.216. The van der Waals surface area contributed by atoms with Gasteiger partial charge in [0.15, 0.2) is 0 Å². The van der Waals surface area contributed by atoms with Crippen molar-refractivity contribution in [2.75, 3.05) is 13.2 Å². The van der Waals surface area contributed by atoms with Crippen LogP contribution in [0.2, 0.25) is 0 Å². The Hall–Kier alpha value is -1.66. The zero-order valence-electron chi connectivity index (χ0n) is 9.07. The number of phenolic OH excluding ortho intramolecular Hbond substituents is 1. The van der Waals surface area contributed by atoms with Gasteiger partial charge in [0.25, 0.3) is 0 Å². The van der Waals surface area contributed by atoms with E-state index in [4.69, 9.17) is 11.2 Å². The Morgan fingerprint density at radius 2 is 2.44 bits per heavy atom. The highest BCUT2D eigenvalue weighted by Crippen LogP contribution is 2.34. The molecule has 3 nitrogen and oxygen atoms in total. The number of benzene rings is 1. The maximum Gasteiger partial charge on any atom is 0.127 e. The molecule has 0 aliphatic carbocycles. The first kappa shape index (κ1) is 10.8. The van der Waals surface area contributed by atoms with Gasteiger partial charge in [-0.2, -0.15) is 0 Å². The molecule has 84 valence electrons. The van der Waals surface area contributed by atoms with Crippen LogP contribution in [0, 0.1) is 12.3 Å². The molecule has 1 aromatic rings. The molecule has 1 aliphatic heterocycles. The minimum Gasteiger partial charge on any atom is -0.508 e. The van der Waals surface area contributed by atoms with E-state index >= 15 is 0 Å². The van der Waals surface area contributed by atoms with Crippen LogP contribution in [0.4, 0.5) is 0 Å². The third-order valence-corrected chi connectivity index (χ3v) is 2.67. The van der Waals surface area contributed by atoms with E-state index in [9.17, 15) is 5.11 Å². The van der Waals surface area contributed by atoms with E-state index in [1.165, 1.54) is 0 Å². The number of hydrogen-bond donors (Lipinski definition) is 2. The molecule has 16 heavy (non-hydrogen) atoms. The molecular formula is C13H15NO2. The predicted molar refractivity (Wildman–Crippen MR) is 62.4 cm³/mol. The summed E-state index contributed by atoms with van der Waals surface area (Å²) in [6.45, 7) is 1.51. The Kier molecular flexibility index (Phi) is 3.33. The van der Waals surface area contributed by atoms with Gasteiger partial charge in [0.05, 0.1) is 6.04 Å². The molecule has 1 aliphatic rings. The highest BCUT2D eigenvalue weighted by Gasteiger charge is 2.23. The van der Waals surface area contributed by atoms with Gasteiger partial charge in [-0.25, -0.2) is 0 Å². The van der Waals surface area contributed by atoms with Crippen molar-refractivity contribution in [3.05, 3.63) is 23.8 Å². The lowest BCUT2D eigenvalue weighted by atomic mass is 10.1. The third kappa shape index (κ3) is 2.29. The fraction of sp³-hybridized carbons (Fsp3) is 0.385. The predicted octanol–water partition coefficient (Wildman–Crippen LogP) is 1.83. The van der Waals surface area contributed by atoms with Crippen LogP contribution in [-0.2, 0) is 0 Å². The van der Waals surface area contributed by atoms with Crippen LogP contribution in [-0.4, -0.2) is 18.3 Å². The topological polar surface area (TPSA) is 41.5 Å². The summed E-state index contributed by atoms with van der Waals surface area (Å²) < 4.78 is 5.49. The number of unbranched alkanes of at least 4 members (excludes halogenated alkanes) is 1. The van der Waals surface area contributed by atoms with Crippen molar-refractivity contribution in [1.82, 2.24) is 5.32 Å². The van der Waals surface area contributed by atoms with Crippen LogP contribution in [0.1, 0.15) is 24.4 Å². The van der Waals surface area contributed by atoms with E-state index in [0.717, 1.165) is 30.7 Å². The second-order valence-corrected chi connectivity index (χ2v) is 3.85. The lowest BCUT2D eigenvalue weighted by Crippen LogP contribution is -2.23. The SMILES string of the molecule is C#CCCCNC1COc2cc(O)ccc21. The van der Waals surface area contributed by atoms with Gasteiger partial charge in [0.2, 0.25) is 0 Å². The van der Waals surface area contributed by atoms with Crippen LogP contribution in [0.5, 0.6) is 11.5 Å². The van der Waals surface area contributed by atoms with E-state index in [-0.39, 0.29) is 11.8 Å². The second kappa shape index (κ2) is 4.91. The first-order valence-corrected chi connectivity index (χ1v) is 5.44. The Bertz CT molecular complexity index is 409. The van der Waals surface area contributed by atoms with E-state index in [1.54, 1.807) is 12.1 Å². The fourth-order valence-corrected chi connectivity index (χ4v) is 1.83. The summed E-state index contributed by atoms with van der Waals surface area (Å²) in [5.41, 5.74) is 1.11. The van der Waals surface area contributed by atoms with Crippen molar-refractivity contribution in [3.8, 4) is 23.8 Å². The van der Waals surface area contributed by atoms with Crippen LogP contribution in [0.25, 0.3) is 0 Å². The molecule has 1 atom stereocenters. The molecule has 1 unspecified atom stereocenters. The van der Waals surface area contributed by atoms with Gasteiger partial charge in [0.1, 0.15) is 18.1 Å². The molecule has 0 aromatic heterocycles. The maximum atomic E-state index is 9.31. The van der Waals surface area contributed by atoms with Gasteiger partial charge >= 0.3 is 0 Å². The Labute approximate surface area is 95.4 Å². The molecule has 0 bridgehead atoms. The number of phenols is 1. The summed E-state index contributed by atoms with van der Waals surface area (Å²) >= 11 is 0.